The lowest BCUT2D eigenvalue weighted by atomic mass is 9.76. The molecule has 1 rings (SSSR count). The van der Waals surface area contributed by atoms with Crippen LogP contribution in [0.2, 0.25) is 0 Å². The maximum atomic E-state index is 3.71. The lowest BCUT2D eigenvalue weighted by molar-refractivity contribution is 0.200. The van der Waals surface area contributed by atoms with Crippen molar-refractivity contribution in [2.24, 2.45) is 11.3 Å². The minimum absolute atomic E-state index is 0.497. The van der Waals surface area contributed by atoms with Crippen molar-refractivity contribution in [3.05, 3.63) is 0 Å². The van der Waals surface area contributed by atoms with Crippen molar-refractivity contribution in [1.82, 2.24) is 5.32 Å². The van der Waals surface area contributed by atoms with E-state index in [0.29, 0.717) is 5.41 Å². The zero-order chi connectivity index (χ0) is 11.3. The topological polar surface area (TPSA) is 12.0 Å². The molecule has 90 valence electrons. The Balaban J connectivity index is 2.46. The summed E-state index contributed by atoms with van der Waals surface area (Å²) >= 11 is 0. The highest BCUT2D eigenvalue weighted by Crippen LogP contribution is 2.36. The summed E-state index contributed by atoms with van der Waals surface area (Å²) in [5, 5.41) is 3.71. The number of nitrogens with one attached hydrogen (secondary N) is 1. The maximum Gasteiger partial charge on any atom is 0.00698 e. The van der Waals surface area contributed by atoms with E-state index < -0.39 is 0 Å². The highest BCUT2D eigenvalue weighted by molar-refractivity contribution is 4.82. The van der Waals surface area contributed by atoms with Gasteiger partial charge in [-0.25, -0.2) is 0 Å². The van der Waals surface area contributed by atoms with Crippen molar-refractivity contribution in [3.8, 4) is 0 Å². The minimum Gasteiger partial charge on any atom is -0.314 e. The maximum absolute atomic E-state index is 3.71. The molecule has 0 amide bonds. The van der Waals surface area contributed by atoms with Crippen LogP contribution >= 0.6 is 0 Å². The van der Waals surface area contributed by atoms with E-state index in [4.69, 9.17) is 0 Å². The molecule has 0 aromatic carbocycles. The Labute approximate surface area is 96.0 Å². The zero-order valence-corrected chi connectivity index (χ0v) is 11.1. The van der Waals surface area contributed by atoms with E-state index in [9.17, 15) is 0 Å². The second-order valence-corrected chi connectivity index (χ2v) is 6.23. The van der Waals surface area contributed by atoms with Gasteiger partial charge in [-0.05, 0) is 43.6 Å². The first kappa shape index (κ1) is 13.0. The monoisotopic (exact) mass is 211 g/mol. The van der Waals surface area contributed by atoms with Gasteiger partial charge in [-0.3, -0.25) is 0 Å². The zero-order valence-electron chi connectivity index (χ0n) is 11.1. The van der Waals surface area contributed by atoms with Gasteiger partial charge in [-0.15, -0.1) is 0 Å². The summed E-state index contributed by atoms with van der Waals surface area (Å²) in [6, 6.07) is 0.789. The number of hydrogen-bond acceptors (Lipinski definition) is 1. The van der Waals surface area contributed by atoms with Crippen molar-refractivity contribution < 1.29 is 0 Å². The van der Waals surface area contributed by atoms with Gasteiger partial charge in [-0.2, -0.15) is 0 Å². The van der Waals surface area contributed by atoms with E-state index in [2.05, 4.69) is 33.0 Å². The summed E-state index contributed by atoms with van der Waals surface area (Å²) in [6.45, 7) is 10.7. The Kier molecular flexibility index (Phi) is 5.11. The molecule has 1 heteroatoms. The van der Waals surface area contributed by atoms with Gasteiger partial charge in [0.25, 0.3) is 0 Å². The van der Waals surface area contributed by atoms with Gasteiger partial charge in [0.2, 0.25) is 0 Å². The summed E-state index contributed by atoms with van der Waals surface area (Å²) in [5.41, 5.74) is 0.497. The number of hydrogen-bond donors (Lipinski definition) is 1. The Morgan fingerprint density at radius 2 is 1.80 bits per heavy atom. The van der Waals surface area contributed by atoms with Crippen LogP contribution in [-0.2, 0) is 0 Å². The average Bonchev–Trinajstić information content (AvgIpc) is 2.38. The van der Waals surface area contributed by atoms with Crippen LogP contribution in [0.3, 0.4) is 0 Å². The molecule has 0 aromatic heterocycles. The summed E-state index contributed by atoms with van der Waals surface area (Å²) in [6.07, 6.45) is 8.35. The first-order valence-electron chi connectivity index (χ1n) is 6.77. The molecular weight excluding hydrogens is 182 g/mol. The van der Waals surface area contributed by atoms with E-state index in [1.54, 1.807) is 0 Å². The summed E-state index contributed by atoms with van der Waals surface area (Å²) in [7, 11) is 0. The van der Waals surface area contributed by atoms with Gasteiger partial charge < -0.3 is 5.32 Å². The fraction of sp³-hybridized carbons (Fsp3) is 1.00. The van der Waals surface area contributed by atoms with Gasteiger partial charge in [-0.1, -0.05) is 40.5 Å². The molecule has 1 fully saturated rings. The third-order valence-corrected chi connectivity index (χ3v) is 3.83. The van der Waals surface area contributed by atoms with E-state index in [1.165, 1.54) is 45.1 Å². The van der Waals surface area contributed by atoms with Gasteiger partial charge >= 0.3 is 0 Å². The predicted molar refractivity (Wildman–Crippen MR) is 68.1 cm³/mol. The molecule has 2 unspecified atom stereocenters. The molecule has 1 aliphatic carbocycles. The van der Waals surface area contributed by atoms with Crippen LogP contribution in [0.25, 0.3) is 0 Å². The fourth-order valence-corrected chi connectivity index (χ4v) is 2.68. The van der Waals surface area contributed by atoms with Crippen LogP contribution in [0, 0.1) is 11.3 Å². The van der Waals surface area contributed by atoms with Crippen LogP contribution in [0.5, 0.6) is 0 Å². The first-order valence-corrected chi connectivity index (χ1v) is 6.77. The quantitative estimate of drug-likeness (QED) is 0.696. The molecule has 0 aromatic rings. The Bertz CT molecular complexity index is 169. The van der Waals surface area contributed by atoms with Gasteiger partial charge in [0.1, 0.15) is 0 Å². The van der Waals surface area contributed by atoms with Crippen LogP contribution in [0.4, 0.5) is 0 Å². The SMILES string of the molecule is CCCNC1CCCCC(C(C)(C)C)C1. The molecule has 0 spiro atoms. The molecule has 0 radical (unpaired) electrons. The van der Waals surface area contributed by atoms with Crippen LogP contribution in [-0.4, -0.2) is 12.6 Å². The average molecular weight is 211 g/mol. The Hall–Kier alpha value is -0.0400. The minimum atomic E-state index is 0.497. The molecule has 0 saturated heterocycles. The Morgan fingerprint density at radius 3 is 2.40 bits per heavy atom. The smallest absolute Gasteiger partial charge is 0.00698 e. The standard InChI is InChI=1S/C14H29N/c1-5-10-15-13-9-7-6-8-12(11-13)14(2,3)4/h12-13,15H,5-11H2,1-4H3. The normalized spacial score (nSPS) is 28.8. The van der Waals surface area contributed by atoms with Crippen molar-refractivity contribution in [2.75, 3.05) is 6.54 Å². The molecular formula is C14H29N. The molecule has 0 bridgehead atoms. The third-order valence-electron chi connectivity index (χ3n) is 3.83. The Morgan fingerprint density at radius 1 is 1.13 bits per heavy atom. The molecule has 1 N–H and O–H groups in total. The highest BCUT2D eigenvalue weighted by Gasteiger charge is 2.28. The summed E-state index contributed by atoms with van der Waals surface area (Å²) in [4.78, 5) is 0. The van der Waals surface area contributed by atoms with Gasteiger partial charge in [0.15, 0.2) is 0 Å². The summed E-state index contributed by atoms with van der Waals surface area (Å²) in [5.74, 6) is 0.911. The van der Waals surface area contributed by atoms with E-state index in [-0.39, 0.29) is 0 Å². The summed E-state index contributed by atoms with van der Waals surface area (Å²) < 4.78 is 0. The van der Waals surface area contributed by atoms with Crippen LogP contribution in [0.1, 0.15) is 66.2 Å². The van der Waals surface area contributed by atoms with Crippen LogP contribution in [0.15, 0.2) is 0 Å². The highest BCUT2D eigenvalue weighted by atomic mass is 14.9. The molecule has 1 saturated carbocycles. The fourth-order valence-electron chi connectivity index (χ4n) is 2.68. The predicted octanol–water partition coefficient (Wildman–Crippen LogP) is 3.98. The van der Waals surface area contributed by atoms with E-state index in [0.717, 1.165) is 12.0 Å². The van der Waals surface area contributed by atoms with E-state index >= 15 is 0 Å². The van der Waals surface area contributed by atoms with Crippen LogP contribution < -0.4 is 5.32 Å². The largest absolute Gasteiger partial charge is 0.314 e. The lowest BCUT2D eigenvalue weighted by Gasteiger charge is -2.32. The molecule has 1 aliphatic rings. The number of rotatable bonds is 3. The van der Waals surface area contributed by atoms with Crippen molar-refractivity contribution >= 4 is 0 Å². The third kappa shape index (κ3) is 4.55. The molecule has 0 aliphatic heterocycles. The molecule has 2 atom stereocenters. The van der Waals surface area contributed by atoms with Crippen molar-refractivity contribution in [2.45, 2.75) is 72.3 Å². The second kappa shape index (κ2) is 5.89. The van der Waals surface area contributed by atoms with Crippen molar-refractivity contribution in [3.63, 3.8) is 0 Å². The first-order chi connectivity index (χ1) is 7.04. The molecule has 1 nitrogen and oxygen atoms in total. The molecule has 15 heavy (non-hydrogen) atoms. The van der Waals surface area contributed by atoms with E-state index in [1.807, 2.05) is 0 Å². The lowest BCUT2D eigenvalue weighted by Crippen LogP contribution is -2.33. The van der Waals surface area contributed by atoms with Gasteiger partial charge in [0, 0.05) is 6.04 Å². The second-order valence-electron chi connectivity index (χ2n) is 6.23. The van der Waals surface area contributed by atoms with Crippen molar-refractivity contribution in [1.29, 1.82) is 0 Å². The molecule has 0 heterocycles. The van der Waals surface area contributed by atoms with Gasteiger partial charge in [0.05, 0.1) is 0 Å².